The van der Waals surface area contributed by atoms with Gasteiger partial charge >= 0.3 is 0 Å². The molecular formula is C17H15BrN2O. The zero-order valence-electron chi connectivity index (χ0n) is 11.6. The Bertz CT molecular complexity index is 710. The van der Waals surface area contributed by atoms with Crippen LogP contribution in [0.5, 0.6) is 0 Å². The van der Waals surface area contributed by atoms with Gasteiger partial charge in [0.15, 0.2) is 0 Å². The van der Waals surface area contributed by atoms with Gasteiger partial charge in [0.2, 0.25) is 5.91 Å². The van der Waals surface area contributed by atoms with Crippen LogP contribution in [0.2, 0.25) is 0 Å². The molecule has 0 radical (unpaired) electrons. The second-order valence-electron chi connectivity index (χ2n) is 5.10. The van der Waals surface area contributed by atoms with E-state index in [2.05, 4.69) is 26.2 Å². The van der Waals surface area contributed by atoms with Crippen LogP contribution in [0.25, 0.3) is 0 Å². The maximum atomic E-state index is 12.4. The van der Waals surface area contributed by atoms with Gasteiger partial charge in [-0.05, 0) is 30.7 Å². The molecule has 0 saturated carbocycles. The number of aliphatic imine (C=N–C) groups is 1. The number of benzene rings is 2. The van der Waals surface area contributed by atoms with Crippen LogP contribution >= 0.6 is 15.9 Å². The Hall–Kier alpha value is -1.94. The highest BCUT2D eigenvalue weighted by Crippen LogP contribution is 2.25. The van der Waals surface area contributed by atoms with E-state index in [4.69, 9.17) is 0 Å². The third-order valence-corrected chi connectivity index (χ3v) is 4.05. The lowest BCUT2D eigenvalue weighted by molar-refractivity contribution is -0.117. The summed E-state index contributed by atoms with van der Waals surface area (Å²) in [7, 11) is 0. The summed E-state index contributed by atoms with van der Waals surface area (Å²) < 4.78 is 0.941. The molecule has 1 amide bonds. The number of amides is 1. The highest BCUT2D eigenvalue weighted by molar-refractivity contribution is 9.10. The molecule has 0 saturated heterocycles. The average Bonchev–Trinajstić information content (AvgIpc) is 2.57. The predicted octanol–water partition coefficient (Wildman–Crippen LogP) is 3.82. The molecule has 1 N–H and O–H groups in total. The minimum absolute atomic E-state index is 0.0601. The second-order valence-corrected chi connectivity index (χ2v) is 6.01. The molecule has 1 heterocycles. The Morgan fingerprint density at radius 2 is 1.95 bits per heavy atom. The first-order chi connectivity index (χ1) is 10.1. The number of nitrogens with one attached hydrogen (secondary N) is 1. The Morgan fingerprint density at radius 1 is 1.19 bits per heavy atom. The molecule has 2 aromatic carbocycles. The Labute approximate surface area is 132 Å². The standard InChI is InChI=1S/C17H15BrN2O/c1-11-14-8-7-13(18)10-15(14)20-17(21)16(19-11)9-12-5-3-2-4-6-12/h2-8,10,16H,9H2,1H3,(H,20,21)/t16-/m0/s1. The van der Waals surface area contributed by atoms with Gasteiger partial charge in [-0.25, -0.2) is 0 Å². The third kappa shape index (κ3) is 3.05. The van der Waals surface area contributed by atoms with E-state index >= 15 is 0 Å². The van der Waals surface area contributed by atoms with Crippen LogP contribution in [0, 0.1) is 0 Å². The van der Waals surface area contributed by atoms with E-state index < -0.39 is 6.04 Å². The number of halogens is 1. The summed E-state index contributed by atoms with van der Waals surface area (Å²) in [6.07, 6.45) is 0.610. The molecule has 3 nitrogen and oxygen atoms in total. The quantitative estimate of drug-likeness (QED) is 0.885. The molecule has 0 aliphatic carbocycles. The molecule has 2 aromatic rings. The topological polar surface area (TPSA) is 41.5 Å². The number of carbonyl (C=O) groups is 1. The summed E-state index contributed by atoms with van der Waals surface area (Å²) in [5.41, 5.74) is 3.78. The van der Waals surface area contributed by atoms with Gasteiger partial charge in [0.05, 0.1) is 5.69 Å². The number of carbonyl (C=O) groups excluding carboxylic acids is 1. The summed E-state index contributed by atoms with van der Waals surface area (Å²) in [5, 5.41) is 2.98. The van der Waals surface area contributed by atoms with Gasteiger partial charge in [0, 0.05) is 22.2 Å². The van der Waals surface area contributed by atoms with E-state index in [-0.39, 0.29) is 5.91 Å². The van der Waals surface area contributed by atoms with Crippen LogP contribution < -0.4 is 5.32 Å². The summed E-state index contributed by atoms with van der Waals surface area (Å²) in [6.45, 7) is 1.95. The van der Waals surface area contributed by atoms with Crippen molar-refractivity contribution < 1.29 is 4.79 Å². The lowest BCUT2D eigenvalue weighted by Crippen LogP contribution is -2.27. The molecule has 0 spiro atoms. The van der Waals surface area contributed by atoms with E-state index in [0.29, 0.717) is 6.42 Å². The van der Waals surface area contributed by atoms with Gasteiger partial charge < -0.3 is 5.32 Å². The highest BCUT2D eigenvalue weighted by Gasteiger charge is 2.23. The van der Waals surface area contributed by atoms with Crippen LogP contribution in [-0.4, -0.2) is 17.7 Å². The predicted molar refractivity (Wildman–Crippen MR) is 88.9 cm³/mol. The monoisotopic (exact) mass is 342 g/mol. The minimum Gasteiger partial charge on any atom is -0.324 e. The molecule has 0 bridgehead atoms. The first-order valence-corrected chi connectivity index (χ1v) is 7.62. The van der Waals surface area contributed by atoms with Gasteiger partial charge in [-0.1, -0.05) is 46.3 Å². The van der Waals surface area contributed by atoms with Crippen molar-refractivity contribution in [1.82, 2.24) is 0 Å². The molecule has 21 heavy (non-hydrogen) atoms. The van der Waals surface area contributed by atoms with Crippen molar-refractivity contribution in [3.63, 3.8) is 0 Å². The third-order valence-electron chi connectivity index (χ3n) is 3.55. The zero-order valence-corrected chi connectivity index (χ0v) is 13.2. The van der Waals surface area contributed by atoms with Gasteiger partial charge in [-0.2, -0.15) is 0 Å². The van der Waals surface area contributed by atoms with Crippen molar-refractivity contribution in [2.45, 2.75) is 19.4 Å². The largest absolute Gasteiger partial charge is 0.324 e. The van der Waals surface area contributed by atoms with Gasteiger partial charge in [-0.3, -0.25) is 9.79 Å². The highest BCUT2D eigenvalue weighted by atomic mass is 79.9. The zero-order chi connectivity index (χ0) is 14.8. The van der Waals surface area contributed by atoms with Crippen molar-refractivity contribution in [3.8, 4) is 0 Å². The fourth-order valence-corrected chi connectivity index (χ4v) is 2.85. The molecule has 1 aliphatic heterocycles. The van der Waals surface area contributed by atoms with Crippen LogP contribution in [-0.2, 0) is 11.2 Å². The number of anilines is 1. The number of benzodiazepines with no additional fused rings is 1. The van der Waals surface area contributed by atoms with Crippen molar-refractivity contribution in [1.29, 1.82) is 0 Å². The molecule has 0 aromatic heterocycles. The summed E-state index contributed by atoms with van der Waals surface area (Å²) in [4.78, 5) is 17.0. The van der Waals surface area contributed by atoms with Crippen LogP contribution in [0.1, 0.15) is 18.1 Å². The molecule has 106 valence electrons. The molecule has 1 atom stereocenters. The number of fused-ring (bicyclic) bond motifs is 1. The number of hydrogen-bond acceptors (Lipinski definition) is 2. The summed E-state index contributed by atoms with van der Waals surface area (Å²) in [5.74, 6) is -0.0601. The van der Waals surface area contributed by atoms with Crippen molar-refractivity contribution in [3.05, 3.63) is 64.1 Å². The smallest absolute Gasteiger partial charge is 0.249 e. The SMILES string of the molecule is CC1=N[C@@H](Cc2ccccc2)C(=O)Nc2cc(Br)ccc21. The van der Waals surface area contributed by atoms with Crippen LogP contribution in [0.4, 0.5) is 5.69 Å². The number of rotatable bonds is 2. The van der Waals surface area contributed by atoms with E-state index in [1.165, 1.54) is 0 Å². The lowest BCUT2D eigenvalue weighted by Gasteiger charge is -2.11. The lowest BCUT2D eigenvalue weighted by atomic mass is 10.1. The fraction of sp³-hybridized carbons (Fsp3) is 0.176. The van der Waals surface area contributed by atoms with E-state index in [0.717, 1.165) is 27.0 Å². The summed E-state index contributed by atoms with van der Waals surface area (Å²) >= 11 is 3.43. The average molecular weight is 343 g/mol. The van der Waals surface area contributed by atoms with E-state index in [1.807, 2.05) is 55.5 Å². The summed E-state index contributed by atoms with van der Waals surface area (Å²) in [6, 6.07) is 15.4. The van der Waals surface area contributed by atoms with Crippen LogP contribution in [0.3, 0.4) is 0 Å². The van der Waals surface area contributed by atoms with Gasteiger partial charge in [0.25, 0.3) is 0 Å². The first kappa shape index (κ1) is 14.0. The first-order valence-electron chi connectivity index (χ1n) is 6.82. The molecular weight excluding hydrogens is 328 g/mol. The van der Waals surface area contributed by atoms with Crippen molar-refractivity contribution in [2.75, 3.05) is 5.32 Å². The van der Waals surface area contributed by atoms with E-state index in [9.17, 15) is 4.79 Å². The van der Waals surface area contributed by atoms with Crippen LogP contribution in [0.15, 0.2) is 58.0 Å². The van der Waals surface area contributed by atoms with Crippen molar-refractivity contribution >= 4 is 33.2 Å². The van der Waals surface area contributed by atoms with Gasteiger partial charge in [-0.15, -0.1) is 0 Å². The Kier molecular flexibility index (Phi) is 3.88. The number of hydrogen-bond donors (Lipinski definition) is 1. The molecule has 1 aliphatic rings. The molecule has 0 unspecified atom stereocenters. The number of nitrogens with zero attached hydrogens (tertiary/aromatic N) is 1. The van der Waals surface area contributed by atoms with Crippen molar-refractivity contribution in [2.24, 2.45) is 4.99 Å². The van der Waals surface area contributed by atoms with Gasteiger partial charge in [0.1, 0.15) is 6.04 Å². The second kappa shape index (κ2) is 5.82. The normalized spacial score (nSPS) is 17.5. The maximum absolute atomic E-state index is 12.4. The minimum atomic E-state index is -0.390. The molecule has 4 heteroatoms. The molecule has 0 fully saturated rings. The molecule has 3 rings (SSSR count). The fourth-order valence-electron chi connectivity index (χ4n) is 2.49. The Morgan fingerprint density at radius 3 is 2.71 bits per heavy atom. The maximum Gasteiger partial charge on any atom is 0.249 e. The van der Waals surface area contributed by atoms with E-state index in [1.54, 1.807) is 0 Å². The Balaban J connectivity index is 1.93.